The molecule has 2 aromatic carbocycles. The van der Waals surface area contributed by atoms with Gasteiger partial charge in [-0.05, 0) is 51.0 Å². The van der Waals surface area contributed by atoms with E-state index in [2.05, 4.69) is 50.8 Å². The number of carbonyl (C=O) groups excluding carboxylic acids is 1. The SMILES string of the molecule is CC1=CC(C)(C)N(CC(=O)c2ccc([N+](=O)[O-])cc2)c2c(C)cccc21. The van der Waals surface area contributed by atoms with Crippen molar-refractivity contribution in [2.75, 3.05) is 11.4 Å². The zero-order chi connectivity index (χ0) is 19.1. The van der Waals surface area contributed by atoms with Crippen LogP contribution in [0, 0.1) is 17.0 Å². The quantitative estimate of drug-likeness (QED) is 0.452. The van der Waals surface area contributed by atoms with E-state index in [1.165, 1.54) is 29.8 Å². The van der Waals surface area contributed by atoms with Crippen LogP contribution in [0.25, 0.3) is 5.57 Å². The Kier molecular flexibility index (Phi) is 4.40. The Hall–Kier alpha value is -2.95. The molecular weight excluding hydrogens is 328 g/mol. The maximum atomic E-state index is 12.9. The van der Waals surface area contributed by atoms with Gasteiger partial charge in [0.05, 0.1) is 17.0 Å². The second-order valence-electron chi connectivity index (χ2n) is 7.27. The topological polar surface area (TPSA) is 63.5 Å². The summed E-state index contributed by atoms with van der Waals surface area (Å²) in [5.41, 5.74) is 4.70. The van der Waals surface area contributed by atoms with Crippen molar-refractivity contribution in [3.05, 3.63) is 75.3 Å². The molecule has 0 saturated heterocycles. The lowest BCUT2D eigenvalue weighted by atomic mass is 9.87. The molecule has 1 aliphatic heterocycles. The van der Waals surface area contributed by atoms with E-state index in [0.29, 0.717) is 5.56 Å². The Balaban J connectivity index is 1.96. The lowest BCUT2D eigenvalue weighted by Gasteiger charge is -2.43. The second-order valence-corrected chi connectivity index (χ2v) is 7.27. The fraction of sp³-hybridized carbons (Fsp3) is 0.286. The molecule has 26 heavy (non-hydrogen) atoms. The van der Waals surface area contributed by atoms with Crippen LogP contribution in [0.1, 0.15) is 42.3 Å². The van der Waals surface area contributed by atoms with E-state index < -0.39 is 4.92 Å². The molecule has 0 aromatic heterocycles. The maximum absolute atomic E-state index is 12.9. The van der Waals surface area contributed by atoms with Crippen LogP contribution < -0.4 is 4.90 Å². The number of fused-ring (bicyclic) bond motifs is 1. The molecule has 0 saturated carbocycles. The Bertz CT molecular complexity index is 911. The Morgan fingerprint density at radius 2 is 1.77 bits per heavy atom. The van der Waals surface area contributed by atoms with Crippen molar-refractivity contribution in [2.45, 2.75) is 33.2 Å². The summed E-state index contributed by atoms with van der Waals surface area (Å²) in [5, 5.41) is 10.8. The van der Waals surface area contributed by atoms with Crippen molar-refractivity contribution >= 4 is 22.7 Å². The number of aryl methyl sites for hydroxylation is 1. The molecule has 0 N–H and O–H groups in total. The minimum atomic E-state index is -0.463. The number of nitro groups is 1. The number of non-ortho nitro benzene ring substituents is 1. The summed E-state index contributed by atoms with van der Waals surface area (Å²) in [4.78, 5) is 25.3. The highest BCUT2D eigenvalue weighted by Gasteiger charge is 2.33. The average molecular weight is 350 g/mol. The number of nitrogens with zero attached hydrogens (tertiary/aromatic N) is 2. The maximum Gasteiger partial charge on any atom is 0.269 e. The minimum absolute atomic E-state index is 0.0143. The molecule has 0 atom stereocenters. The van der Waals surface area contributed by atoms with Gasteiger partial charge in [0, 0.05) is 28.9 Å². The van der Waals surface area contributed by atoms with Crippen LogP contribution in [-0.4, -0.2) is 22.8 Å². The zero-order valence-corrected chi connectivity index (χ0v) is 15.4. The monoisotopic (exact) mass is 350 g/mol. The molecule has 0 amide bonds. The van der Waals surface area contributed by atoms with Crippen LogP contribution in [0.5, 0.6) is 0 Å². The smallest absolute Gasteiger partial charge is 0.269 e. The van der Waals surface area contributed by atoms with Crippen LogP contribution in [0.15, 0.2) is 48.5 Å². The molecule has 0 bridgehead atoms. The molecule has 1 heterocycles. The summed E-state index contributed by atoms with van der Waals surface area (Å²) in [6.07, 6.45) is 2.18. The highest BCUT2D eigenvalue weighted by Crippen LogP contribution is 2.40. The molecule has 0 radical (unpaired) electrons. The predicted octanol–water partition coefficient (Wildman–Crippen LogP) is 4.79. The van der Waals surface area contributed by atoms with E-state index in [0.717, 1.165) is 16.8 Å². The molecule has 0 spiro atoms. The lowest BCUT2D eigenvalue weighted by Crippen LogP contribution is -2.48. The van der Waals surface area contributed by atoms with Gasteiger partial charge >= 0.3 is 0 Å². The molecule has 0 fully saturated rings. The Morgan fingerprint density at radius 1 is 1.12 bits per heavy atom. The van der Waals surface area contributed by atoms with Crippen molar-refractivity contribution in [1.29, 1.82) is 0 Å². The number of nitro benzene ring substituents is 1. The minimum Gasteiger partial charge on any atom is -0.355 e. The van der Waals surface area contributed by atoms with Gasteiger partial charge in [0.15, 0.2) is 5.78 Å². The van der Waals surface area contributed by atoms with Crippen LogP contribution in [0.3, 0.4) is 0 Å². The third-order valence-electron chi connectivity index (χ3n) is 4.90. The molecule has 134 valence electrons. The molecular formula is C21H22N2O3. The van der Waals surface area contributed by atoms with Gasteiger partial charge in [0.2, 0.25) is 0 Å². The molecule has 1 aliphatic rings. The summed E-state index contributed by atoms with van der Waals surface area (Å²) in [7, 11) is 0. The second kappa shape index (κ2) is 6.41. The van der Waals surface area contributed by atoms with Gasteiger partial charge in [-0.15, -0.1) is 0 Å². The van der Waals surface area contributed by atoms with Crippen molar-refractivity contribution < 1.29 is 9.72 Å². The number of hydrogen-bond acceptors (Lipinski definition) is 4. The highest BCUT2D eigenvalue weighted by atomic mass is 16.6. The summed E-state index contributed by atoms with van der Waals surface area (Å²) >= 11 is 0. The molecule has 5 nitrogen and oxygen atoms in total. The van der Waals surface area contributed by atoms with Gasteiger partial charge < -0.3 is 4.90 Å². The van der Waals surface area contributed by atoms with Crippen LogP contribution in [0.2, 0.25) is 0 Å². The third kappa shape index (κ3) is 3.12. The van der Waals surface area contributed by atoms with Gasteiger partial charge in [-0.25, -0.2) is 0 Å². The predicted molar refractivity (Wildman–Crippen MR) is 104 cm³/mol. The first-order valence-corrected chi connectivity index (χ1v) is 8.55. The first-order chi connectivity index (χ1) is 12.2. The van der Waals surface area contributed by atoms with E-state index in [9.17, 15) is 14.9 Å². The van der Waals surface area contributed by atoms with Gasteiger partial charge in [-0.2, -0.15) is 0 Å². The molecule has 2 aromatic rings. The van der Waals surface area contributed by atoms with Crippen molar-refractivity contribution in [1.82, 2.24) is 0 Å². The third-order valence-corrected chi connectivity index (χ3v) is 4.90. The number of ketones is 1. The fourth-order valence-corrected chi connectivity index (χ4v) is 3.60. The number of benzene rings is 2. The number of anilines is 1. The highest BCUT2D eigenvalue weighted by molar-refractivity contribution is 6.00. The summed E-state index contributed by atoms with van der Waals surface area (Å²) < 4.78 is 0. The zero-order valence-electron chi connectivity index (χ0n) is 15.4. The van der Waals surface area contributed by atoms with E-state index in [1.807, 2.05) is 6.07 Å². The molecule has 0 aliphatic carbocycles. The van der Waals surface area contributed by atoms with Crippen molar-refractivity contribution in [3.63, 3.8) is 0 Å². The van der Waals surface area contributed by atoms with Gasteiger partial charge in [0.1, 0.15) is 0 Å². The van der Waals surface area contributed by atoms with E-state index in [-0.39, 0.29) is 23.6 Å². The number of hydrogen-bond donors (Lipinski definition) is 0. The van der Waals surface area contributed by atoms with Gasteiger partial charge in [-0.3, -0.25) is 14.9 Å². The van der Waals surface area contributed by atoms with Crippen LogP contribution in [-0.2, 0) is 0 Å². The van der Waals surface area contributed by atoms with E-state index in [1.54, 1.807) is 0 Å². The standard InChI is InChI=1S/C21H22N2O3/c1-14-6-5-7-18-15(2)12-21(3,4)22(20(14)18)13-19(24)16-8-10-17(11-9-16)23(25)26/h5-12H,13H2,1-4H3. The first kappa shape index (κ1) is 17.9. The number of allylic oxidation sites excluding steroid dienone is 1. The number of para-hydroxylation sites is 1. The number of Topliss-reactive ketones (excluding diaryl/α,β-unsaturated/α-hetero) is 1. The van der Waals surface area contributed by atoms with Gasteiger partial charge in [0.25, 0.3) is 5.69 Å². The van der Waals surface area contributed by atoms with Crippen LogP contribution >= 0.6 is 0 Å². The number of carbonyl (C=O) groups is 1. The average Bonchev–Trinajstić information content (AvgIpc) is 2.58. The fourth-order valence-electron chi connectivity index (χ4n) is 3.60. The van der Waals surface area contributed by atoms with E-state index >= 15 is 0 Å². The largest absolute Gasteiger partial charge is 0.355 e. The number of rotatable bonds is 4. The normalized spacial score (nSPS) is 15.2. The summed E-state index contributed by atoms with van der Waals surface area (Å²) in [5.74, 6) is -0.0601. The first-order valence-electron chi connectivity index (χ1n) is 8.55. The Morgan fingerprint density at radius 3 is 2.38 bits per heavy atom. The molecule has 5 heteroatoms. The molecule has 0 unspecified atom stereocenters. The van der Waals surface area contributed by atoms with Crippen molar-refractivity contribution in [2.24, 2.45) is 0 Å². The van der Waals surface area contributed by atoms with Crippen molar-refractivity contribution in [3.8, 4) is 0 Å². The summed E-state index contributed by atoms with van der Waals surface area (Å²) in [6, 6.07) is 12.0. The Labute approximate surface area is 153 Å². The van der Waals surface area contributed by atoms with E-state index in [4.69, 9.17) is 0 Å². The summed E-state index contributed by atoms with van der Waals surface area (Å²) in [6.45, 7) is 8.54. The van der Waals surface area contributed by atoms with Crippen LogP contribution in [0.4, 0.5) is 11.4 Å². The lowest BCUT2D eigenvalue weighted by molar-refractivity contribution is -0.384. The van der Waals surface area contributed by atoms with Gasteiger partial charge in [-0.1, -0.05) is 24.3 Å². The molecule has 3 rings (SSSR count).